The molecule has 0 amide bonds. The lowest BCUT2D eigenvalue weighted by Crippen LogP contribution is -2.45. The number of nitrogens with one attached hydrogen (secondary N) is 1. The molecule has 2 rings (SSSR count). The molecule has 0 aromatic heterocycles. The second kappa shape index (κ2) is 6.01. The van der Waals surface area contributed by atoms with Gasteiger partial charge in [-0.3, -0.25) is 0 Å². The first-order chi connectivity index (χ1) is 8.71. The molecule has 2 atom stereocenters. The van der Waals surface area contributed by atoms with E-state index < -0.39 is 5.60 Å². The number of hydrogen-bond acceptors (Lipinski definition) is 3. The average molecular weight is 245 g/mol. The van der Waals surface area contributed by atoms with Gasteiger partial charge >= 0.3 is 0 Å². The van der Waals surface area contributed by atoms with E-state index in [9.17, 15) is 5.11 Å². The maximum Gasteiger partial charge on any atom is 0.105 e. The highest BCUT2D eigenvalue weighted by Gasteiger charge is 2.38. The van der Waals surface area contributed by atoms with Crippen LogP contribution < -0.4 is 5.32 Å². The first-order valence-corrected chi connectivity index (χ1v) is 6.29. The SMILES string of the molecule is CC1OCCC1(O)CNCC#Cc1ccccc1. The van der Waals surface area contributed by atoms with Crippen LogP contribution in [-0.2, 0) is 4.74 Å². The molecule has 1 aliphatic heterocycles. The Morgan fingerprint density at radius 3 is 2.89 bits per heavy atom. The molecule has 1 heterocycles. The highest BCUT2D eigenvalue weighted by atomic mass is 16.5. The summed E-state index contributed by atoms with van der Waals surface area (Å²) < 4.78 is 5.37. The van der Waals surface area contributed by atoms with Crippen LogP contribution in [0, 0.1) is 11.8 Å². The van der Waals surface area contributed by atoms with E-state index in [1.54, 1.807) is 0 Å². The molecule has 2 N–H and O–H groups in total. The van der Waals surface area contributed by atoms with Crippen LogP contribution in [0.15, 0.2) is 30.3 Å². The second-order valence-corrected chi connectivity index (χ2v) is 4.64. The Hall–Kier alpha value is -1.34. The van der Waals surface area contributed by atoms with E-state index >= 15 is 0 Å². The van der Waals surface area contributed by atoms with Crippen molar-refractivity contribution in [1.29, 1.82) is 0 Å². The van der Waals surface area contributed by atoms with E-state index in [0.29, 0.717) is 26.1 Å². The topological polar surface area (TPSA) is 41.5 Å². The molecular weight excluding hydrogens is 226 g/mol. The maximum atomic E-state index is 10.2. The minimum absolute atomic E-state index is 0.105. The summed E-state index contributed by atoms with van der Waals surface area (Å²) in [4.78, 5) is 0. The largest absolute Gasteiger partial charge is 0.386 e. The Morgan fingerprint density at radius 1 is 1.44 bits per heavy atom. The monoisotopic (exact) mass is 245 g/mol. The Bertz CT molecular complexity index is 435. The molecule has 0 radical (unpaired) electrons. The van der Waals surface area contributed by atoms with Crippen LogP contribution >= 0.6 is 0 Å². The van der Waals surface area contributed by atoms with Gasteiger partial charge in [0.1, 0.15) is 5.60 Å². The van der Waals surface area contributed by atoms with Gasteiger partial charge in [0.05, 0.1) is 12.6 Å². The molecule has 1 aromatic rings. The fourth-order valence-electron chi connectivity index (χ4n) is 2.01. The normalized spacial score (nSPS) is 26.7. The highest BCUT2D eigenvalue weighted by molar-refractivity contribution is 5.33. The van der Waals surface area contributed by atoms with Gasteiger partial charge in [0.25, 0.3) is 0 Å². The zero-order valence-corrected chi connectivity index (χ0v) is 10.6. The van der Waals surface area contributed by atoms with Gasteiger partial charge in [-0.2, -0.15) is 0 Å². The summed E-state index contributed by atoms with van der Waals surface area (Å²) in [6.45, 7) is 3.64. The van der Waals surface area contributed by atoms with Crippen LogP contribution in [0.3, 0.4) is 0 Å². The smallest absolute Gasteiger partial charge is 0.105 e. The zero-order valence-electron chi connectivity index (χ0n) is 10.6. The van der Waals surface area contributed by atoms with E-state index in [1.807, 2.05) is 37.3 Å². The third-order valence-electron chi connectivity index (χ3n) is 3.31. The first-order valence-electron chi connectivity index (χ1n) is 6.29. The Labute approximate surface area is 108 Å². The van der Waals surface area contributed by atoms with Gasteiger partial charge < -0.3 is 15.2 Å². The van der Waals surface area contributed by atoms with Crippen molar-refractivity contribution in [3.05, 3.63) is 35.9 Å². The first kappa shape index (κ1) is 13.1. The van der Waals surface area contributed by atoms with Gasteiger partial charge in [-0.15, -0.1) is 0 Å². The molecule has 3 nitrogen and oxygen atoms in total. The van der Waals surface area contributed by atoms with Crippen LogP contribution in [0.1, 0.15) is 18.9 Å². The van der Waals surface area contributed by atoms with Crippen LogP contribution in [0.5, 0.6) is 0 Å². The number of ether oxygens (including phenoxy) is 1. The Kier molecular flexibility index (Phi) is 4.38. The zero-order chi connectivity index (χ0) is 12.8. The van der Waals surface area contributed by atoms with Crippen molar-refractivity contribution in [1.82, 2.24) is 5.32 Å². The van der Waals surface area contributed by atoms with Gasteiger partial charge in [0.15, 0.2) is 0 Å². The van der Waals surface area contributed by atoms with Gasteiger partial charge in [0.2, 0.25) is 0 Å². The van der Waals surface area contributed by atoms with E-state index in [4.69, 9.17) is 4.74 Å². The van der Waals surface area contributed by atoms with Crippen molar-refractivity contribution in [2.75, 3.05) is 19.7 Å². The van der Waals surface area contributed by atoms with Gasteiger partial charge in [-0.1, -0.05) is 30.0 Å². The molecular formula is C15H19NO2. The summed E-state index contributed by atoms with van der Waals surface area (Å²) in [5.41, 5.74) is 0.268. The van der Waals surface area contributed by atoms with Crippen LogP contribution in [0.4, 0.5) is 0 Å². The molecule has 1 fully saturated rings. The lowest BCUT2D eigenvalue weighted by molar-refractivity contribution is -0.0254. The number of benzene rings is 1. The predicted octanol–water partition coefficient (Wildman–Crippen LogP) is 1.17. The van der Waals surface area contributed by atoms with Crippen molar-refractivity contribution < 1.29 is 9.84 Å². The minimum atomic E-state index is -0.742. The summed E-state index contributed by atoms with van der Waals surface area (Å²) >= 11 is 0. The lowest BCUT2D eigenvalue weighted by Gasteiger charge is -2.25. The number of aliphatic hydroxyl groups is 1. The number of rotatable bonds is 3. The van der Waals surface area contributed by atoms with Gasteiger partial charge in [-0.05, 0) is 19.1 Å². The summed E-state index contributed by atoms with van der Waals surface area (Å²) in [5.74, 6) is 6.11. The van der Waals surface area contributed by atoms with Crippen molar-refractivity contribution in [2.45, 2.75) is 25.0 Å². The summed E-state index contributed by atoms with van der Waals surface area (Å²) in [6, 6.07) is 9.87. The predicted molar refractivity (Wildman–Crippen MR) is 71.2 cm³/mol. The van der Waals surface area contributed by atoms with Crippen molar-refractivity contribution >= 4 is 0 Å². The van der Waals surface area contributed by atoms with E-state index in [-0.39, 0.29) is 6.10 Å². The summed E-state index contributed by atoms with van der Waals surface area (Å²) in [7, 11) is 0. The van der Waals surface area contributed by atoms with Gasteiger partial charge in [-0.25, -0.2) is 0 Å². The molecule has 1 saturated heterocycles. The summed E-state index contributed by atoms with van der Waals surface area (Å²) in [6.07, 6.45) is 0.583. The molecule has 1 aliphatic rings. The molecule has 0 spiro atoms. The van der Waals surface area contributed by atoms with Crippen molar-refractivity contribution in [3.8, 4) is 11.8 Å². The van der Waals surface area contributed by atoms with E-state index in [0.717, 1.165) is 5.56 Å². The van der Waals surface area contributed by atoms with E-state index in [2.05, 4.69) is 17.2 Å². The fraction of sp³-hybridized carbons (Fsp3) is 0.467. The van der Waals surface area contributed by atoms with Crippen LogP contribution in [0.25, 0.3) is 0 Å². The Morgan fingerprint density at radius 2 is 2.22 bits per heavy atom. The lowest BCUT2D eigenvalue weighted by atomic mass is 9.97. The molecule has 3 heteroatoms. The molecule has 0 bridgehead atoms. The van der Waals surface area contributed by atoms with Crippen molar-refractivity contribution in [2.24, 2.45) is 0 Å². The molecule has 2 unspecified atom stereocenters. The Balaban J connectivity index is 1.75. The summed E-state index contributed by atoms with van der Waals surface area (Å²) in [5, 5.41) is 13.4. The van der Waals surface area contributed by atoms with Crippen molar-refractivity contribution in [3.63, 3.8) is 0 Å². The van der Waals surface area contributed by atoms with E-state index in [1.165, 1.54) is 0 Å². The van der Waals surface area contributed by atoms with Crippen LogP contribution in [-0.4, -0.2) is 36.5 Å². The molecule has 96 valence electrons. The molecule has 0 aliphatic carbocycles. The molecule has 0 saturated carbocycles. The molecule has 18 heavy (non-hydrogen) atoms. The third-order valence-corrected chi connectivity index (χ3v) is 3.31. The average Bonchev–Trinajstić information content (AvgIpc) is 2.71. The number of hydrogen-bond donors (Lipinski definition) is 2. The van der Waals surface area contributed by atoms with Gasteiger partial charge in [0, 0.05) is 25.1 Å². The fourth-order valence-corrected chi connectivity index (χ4v) is 2.01. The molecule has 1 aromatic carbocycles. The third kappa shape index (κ3) is 3.33. The maximum absolute atomic E-state index is 10.2. The standard InChI is InChI=1S/C15H19NO2/c1-13-15(17,9-11-18-13)12-16-10-5-8-14-6-3-2-4-7-14/h2-4,6-7,13,16-17H,9-12H2,1H3. The quantitative estimate of drug-likeness (QED) is 0.620. The second-order valence-electron chi connectivity index (χ2n) is 4.64. The highest BCUT2D eigenvalue weighted by Crippen LogP contribution is 2.24. The van der Waals surface area contributed by atoms with Crippen LogP contribution in [0.2, 0.25) is 0 Å². The minimum Gasteiger partial charge on any atom is -0.386 e.